The molecule has 140 valence electrons. The van der Waals surface area contributed by atoms with Gasteiger partial charge in [-0.1, -0.05) is 18.2 Å². The molecule has 0 atom stereocenters. The van der Waals surface area contributed by atoms with E-state index in [1.807, 2.05) is 18.2 Å². The van der Waals surface area contributed by atoms with Crippen LogP contribution in [0.5, 0.6) is 5.75 Å². The minimum atomic E-state index is -3.96. The molecule has 3 aromatic rings. The van der Waals surface area contributed by atoms with Crippen LogP contribution >= 0.6 is 0 Å². The number of carbonyl (C=O) groups excluding carboxylic acids is 1. The molecule has 0 saturated carbocycles. The lowest BCUT2D eigenvalue weighted by molar-refractivity contribution is 0.100. The molecule has 1 heterocycles. The molecule has 0 fully saturated rings. The number of primary amides is 1. The summed E-state index contributed by atoms with van der Waals surface area (Å²) in [6.45, 7) is 2.20. The average molecular weight is 386 g/mol. The molecule has 0 aliphatic carbocycles. The van der Waals surface area contributed by atoms with Gasteiger partial charge in [0, 0.05) is 0 Å². The van der Waals surface area contributed by atoms with Crippen LogP contribution in [0.25, 0.3) is 5.69 Å². The van der Waals surface area contributed by atoms with Crippen LogP contribution < -0.4 is 15.2 Å². The number of sulfonamides is 1. The lowest BCUT2D eigenvalue weighted by Gasteiger charge is -2.12. The Bertz CT molecular complexity index is 1060. The van der Waals surface area contributed by atoms with E-state index in [9.17, 15) is 13.2 Å². The van der Waals surface area contributed by atoms with Gasteiger partial charge in [-0.25, -0.2) is 13.1 Å². The van der Waals surface area contributed by atoms with Crippen LogP contribution in [0, 0.1) is 0 Å². The molecule has 9 heteroatoms. The fourth-order valence-corrected chi connectivity index (χ4v) is 3.45. The summed E-state index contributed by atoms with van der Waals surface area (Å²) in [6.07, 6.45) is 2.62. The highest BCUT2D eigenvalue weighted by Gasteiger charge is 2.20. The second kappa shape index (κ2) is 7.50. The van der Waals surface area contributed by atoms with Crippen molar-refractivity contribution in [1.82, 2.24) is 9.78 Å². The highest BCUT2D eigenvalue weighted by molar-refractivity contribution is 7.92. The van der Waals surface area contributed by atoms with Crippen molar-refractivity contribution in [3.63, 3.8) is 0 Å². The third-order valence-corrected chi connectivity index (χ3v) is 5.02. The van der Waals surface area contributed by atoms with Gasteiger partial charge >= 0.3 is 0 Å². The van der Waals surface area contributed by atoms with E-state index in [0.717, 1.165) is 5.69 Å². The fourth-order valence-electron chi connectivity index (χ4n) is 2.44. The van der Waals surface area contributed by atoms with Gasteiger partial charge in [0.2, 0.25) is 0 Å². The van der Waals surface area contributed by atoms with Crippen LogP contribution in [0.1, 0.15) is 17.3 Å². The van der Waals surface area contributed by atoms with Crippen molar-refractivity contribution in [3.05, 3.63) is 66.5 Å². The average Bonchev–Trinajstić information content (AvgIpc) is 3.15. The minimum absolute atomic E-state index is 0.0139. The van der Waals surface area contributed by atoms with Crippen LogP contribution in [0.15, 0.2) is 65.8 Å². The third kappa shape index (κ3) is 4.09. The van der Waals surface area contributed by atoms with Crippen LogP contribution in [-0.4, -0.2) is 30.7 Å². The number of ether oxygens (including phenoxy) is 1. The first-order chi connectivity index (χ1) is 12.9. The Labute approximate surface area is 156 Å². The first-order valence-corrected chi connectivity index (χ1v) is 9.58. The Balaban J connectivity index is 1.91. The number of nitrogens with zero attached hydrogens (tertiary/aromatic N) is 2. The lowest BCUT2D eigenvalue weighted by Crippen LogP contribution is -2.18. The molecular formula is C18H18N4O4S. The molecule has 0 aliphatic rings. The Morgan fingerprint density at radius 1 is 1.22 bits per heavy atom. The van der Waals surface area contributed by atoms with Gasteiger partial charge in [0.05, 0.1) is 35.9 Å². The van der Waals surface area contributed by atoms with Crippen LogP contribution in [0.2, 0.25) is 0 Å². The fraction of sp³-hybridized carbons (Fsp3) is 0.111. The van der Waals surface area contributed by atoms with Crippen LogP contribution in [0.4, 0.5) is 5.69 Å². The maximum atomic E-state index is 12.7. The van der Waals surface area contributed by atoms with Crippen LogP contribution in [-0.2, 0) is 10.0 Å². The number of rotatable bonds is 7. The van der Waals surface area contributed by atoms with Gasteiger partial charge in [-0.15, -0.1) is 0 Å². The quantitative estimate of drug-likeness (QED) is 0.645. The molecule has 0 spiro atoms. The van der Waals surface area contributed by atoms with Crippen molar-refractivity contribution >= 4 is 21.6 Å². The van der Waals surface area contributed by atoms with Crippen molar-refractivity contribution < 1.29 is 17.9 Å². The van der Waals surface area contributed by atoms with Gasteiger partial charge in [0.25, 0.3) is 15.9 Å². The molecule has 27 heavy (non-hydrogen) atoms. The van der Waals surface area contributed by atoms with Gasteiger partial charge in [-0.3, -0.25) is 9.52 Å². The van der Waals surface area contributed by atoms with E-state index < -0.39 is 15.9 Å². The summed E-state index contributed by atoms with van der Waals surface area (Å²) in [7, 11) is -3.96. The normalized spacial score (nSPS) is 11.1. The zero-order valence-corrected chi connectivity index (χ0v) is 15.3. The maximum absolute atomic E-state index is 12.7. The largest absolute Gasteiger partial charge is 0.494 e. The molecule has 0 unspecified atom stereocenters. The van der Waals surface area contributed by atoms with Gasteiger partial charge in [-0.2, -0.15) is 5.10 Å². The second-order valence-corrected chi connectivity index (χ2v) is 7.25. The van der Waals surface area contributed by atoms with Gasteiger partial charge in [0.15, 0.2) is 0 Å². The summed E-state index contributed by atoms with van der Waals surface area (Å²) in [6, 6.07) is 13.5. The van der Waals surface area contributed by atoms with Crippen LogP contribution in [0.3, 0.4) is 0 Å². The molecule has 0 radical (unpaired) electrons. The van der Waals surface area contributed by atoms with Crippen molar-refractivity contribution in [2.24, 2.45) is 5.73 Å². The molecule has 8 nitrogen and oxygen atoms in total. The van der Waals surface area contributed by atoms with Gasteiger partial charge in [-0.05, 0) is 37.3 Å². The summed E-state index contributed by atoms with van der Waals surface area (Å²) >= 11 is 0. The minimum Gasteiger partial charge on any atom is -0.494 e. The summed E-state index contributed by atoms with van der Waals surface area (Å²) in [5, 5.41) is 4.08. The maximum Gasteiger partial charge on any atom is 0.265 e. The zero-order chi connectivity index (χ0) is 19.4. The Kier molecular flexibility index (Phi) is 5.13. The predicted molar refractivity (Wildman–Crippen MR) is 101 cm³/mol. The number of para-hydroxylation sites is 1. The summed E-state index contributed by atoms with van der Waals surface area (Å²) in [5.41, 5.74) is 6.17. The van der Waals surface area contributed by atoms with Crippen molar-refractivity contribution in [1.29, 1.82) is 0 Å². The first kappa shape index (κ1) is 18.5. The first-order valence-electron chi connectivity index (χ1n) is 8.10. The summed E-state index contributed by atoms with van der Waals surface area (Å²) in [5.74, 6) is -0.347. The molecular weight excluding hydrogens is 368 g/mol. The smallest absolute Gasteiger partial charge is 0.265 e. The SMILES string of the molecule is CCOc1ccc(NS(=O)(=O)c2cnn(-c3ccccc3)c2)c(C(N)=O)c1. The molecule has 2 aromatic carbocycles. The Morgan fingerprint density at radius 3 is 2.63 bits per heavy atom. The zero-order valence-electron chi connectivity index (χ0n) is 14.5. The number of hydrogen-bond donors (Lipinski definition) is 2. The van der Waals surface area contributed by atoms with E-state index in [1.165, 1.54) is 29.2 Å². The molecule has 0 bridgehead atoms. The molecule has 1 amide bonds. The molecule has 1 aromatic heterocycles. The molecule has 0 saturated heterocycles. The number of aromatic nitrogens is 2. The standard InChI is InChI=1S/C18H18N4O4S/c1-2-26-14-8-9-17(16(10-14)18(19)23)21-27(24,25)15-11-20-22(12-15)13-6-4-3-5-7-13/h3-12,21H,2H2,1H3,(H2,19,23). The summed E-state index contributed by atoms with van der Waals surface area (Å²) in [4.78, 5) is 11.7. The van der Waals surface area contributed by atoms with E-state index in [0.29, 0.717) is 12.4 Å². The summed E-state index contributed by atoms with van der Waals surface area (Å²) < 4.78 is 34.5. The van der Waals surface area contributed by atoms with Crippen molar-refractivity contribution in [3.8, 4) is 11.4 Å². The number of anilines is 1. The van der Waals surface area contributed by atoms with Crippen molar-refractivity contribution in [2.45, 2.75) is 11.8 Å². The van der Waals surface area contributed by atoms with Crippen molar-refractivity contribution in [2.75, 3.05) is 11.3 Å². The number of carbonyl (C=O) groups is 1. The molecule has 0 aliphatic heterocycles. The Morgan fingerprint density at radius 2 is 1.96 bits per heavy atom. The number of benzene rings is 2. The van der Waals surface area contributed by atoms with E-state index in [1.54, 1.807) is 25.1 Å². The third-order valence-electron chi connectivity index (χ3n) is 3.70. The number of nitrogens with one attached hydrogen (secondary N) is 1. The van der Waals surface area contributed by atoms with Gasteiger partial charge in [0.1, 0.15) is 10.6 Å². The van der Waals surface area contributed by atoms with E-state index in [4.69, 9.17) is 10.5 Å². The highest BCUT2D eigenvalue weighted by atomic mass is 32.2. The predicted octanol–water partition coefficient (Wildman–Crippen LogP) is 2.17. The highest BCUT2D eigenvalue weighted by Crippen LogP contribution is 2.25. The second-order valence-electron chi connectivity index (χ2n) is 5.57. The Hall–Kier alpha value is -3.33. The van der Waals surface area contributed by atoms with E-state index in [2.05, 4.69) is 9.82 Å². The number of nitrogens with two attached hydrogens (primary N) is 1. The lowest BCUT2D eigenvalue weighted by atomic mass is 10.1. The topological polar surface area (TPSA) is 116 Å². The number of amides is 1. The molecule has 3 rings (SSSR count). The number of hydrogen-bond acceptors (Lipinski definition) is 5. The monoisotopic (exact) mass is 386 g/mol. The van der Waals surface area contributed by atoms with Gasteiger partial charge < -0.3 is 10.5 Å². The van der Waals surface area contributed by atoms with E-state index in [-0.39, 0.29) is 16.1 Å². The van der Waals surface area contributed by atoms with E-state index >= 15 is 0 Å². The molecule has 3 N–H and O–H groups in total.